The van der Waals surface area contributed by atoms with E-state index in [0.29, 0.717) is 10.2 Å². The fourth-order valence-electron chi connectivity index (χ4n) is 1.30. The van der Waals surface area contributed by atoms with Crippen LogP contribution in [0.25, 0.3) is 0 Å². The van der Waals surface area contributed by atoms with Gasteiger partial charge in [0.1, 0.15) is 12.3 Å². The van der Waals surface area contributed by atoms with Crippen molar-refractivity contribution in [2.45, 2.75) is 13.1 Å². The Morgan fingerprint density at radius 3 is 2.55 bits per heavy atom. The van der Waals surface area contributed by atoms with Crippen molar-refractivity contribution in [3.8, 4) is 5.75 Å². The number of alkyl halides is 3. The Balaban J connectivity index is 2.30. The van der Waals surface area contributed by atoms with E-state index >= 15 is 0 Å². The predicted molar refractivity (Wildman–Crippen MR) is 74.4 cm³/mol. The average molecular weight is 384 g/mol. The number of esters is 1. The summed E-state index contributed by atoms with van der Waals surface area (Å²) in [6.07, 6.45) is -4.51. The first kappa shape index (κ1) is 18.3. The third-order valence-corrected chi connectivity index (χ3v) is 2.90. The molecule has 0 spiro atoms. The summed E-state index contributed by atoms with van der Waals surface area (Å²) in [5, 5.41) is 1.58. The molecule has 122 valence electrons. The van der Waals surface area contributed by atoms with Crippen LogP contribution in [0.5, 0.6) is 5.75 Å². The molecule has 0 saturated heterocycles. The van der Waals surface area contributed by atoms with Crippen molar-refractivity contribution in [3.63, 3.8) is 0 Å². The number of carbonyl (C=O) groups is 2. The lowest BCUT2D eigenvalue weighted by molar-refractivity contribution is -0.152. The second-order valence-electron chi connectivity index (χ2n) is 4.28. The third-order valence-electron chi connectivity index (χ3n) is 2.28. The summed E-state index contributed by atoms with van der Waals surface area (Å²) in [7, 11) is 0. The van der Waals surface area contributed by atoms with Gasteiger partial charge in [0.15, 0.2) is 13.2 Å². The largest absolute Gasteiger partial charge is 0.481 e. The van der Waals surface area contributed by atoms with Crippen LogP contribution in [0.4, 0.5) is 13.2 Å². The van der Waals surface area contributed by atoms with Crippen LogP contribution < -0.4 is 10.1 Å². The normalized spacial score (nSPS) is 11.0. The molecule has 0 saturated carbocycles. The Morgan fingerprint density at radius 2 is 1.95 bits per heavy atom. The van der Waals surface area contributed by atoms with Gasteiger partial charge in [-0.15, -0.1) is 0 Å². The SMILES string of the molecule is Cc1ccc(OCC(=O)OCC(=O)NCC(F)(F)F)c(Br)c1. The number of aryl methyl sites for hydroxylation is 1. The van der Waals surface area contributed by atoms with E-state index in [1.54, 1.807) is 23.5 Å². The van der Waals surface area contributed by atoms with Crippen molar-refractivity contribution in [3.05, 3.63) is 28.2 Å². The minimum absolute atomic E-state index is 0.407. The van der Waals surface area contributed by atoms with Crippen LogP contribution in [0.15, 0.2) is 22.7 Å². The maximum absolute atomic E-state index is 11.8. The zero-order valence-electron chi connectivity index (χ0n) is 11.5. The van der Waals surface area contributed by atoms with Crippen molar-refractivity contribution in [1.29, 1.82) is 0 Å². The second kappa shape index (κ2) is 8.02. The van der Waals surface area contributed by atoms with Crippen molar-refractivity contribution < 1.29 is 32.2 Å². The van der Waals surface area contributed by atoms with Crippen LogP contribution in [0.3, 0.4) is 0 Å². The van der Waals surface area contributed by atoms with Gasteiger partial charge in [0, 0.05) is 0 Å². The maximum atomic E-state index is 11.8. The fraction of sp³-hybridized carbons (Fsp3) is 0.385. The standard InChI is InChI=1S/C13H13BrF3NO4/c1-8-2-3-10(9(14)4-8)21-6-12(20)22-5-11(19)18-7-13(15,16)17/h2-4H,5-7H2,1H3,(H,18,19). The van der Waals surface area contributed by atoms with Gasteiger partial charge in [0.05, 0.1) is 4.47 Å². The van der Waals surface area contributed by atoms with Crippen LogP contribution in [0.1, 0.15) is 5.56 Å². The van der Waals surface area contributed by atoms with E-state index < -0.39 is 37.8 Å². The second-order valence-corrected chi connectivity index (χ2v) is 5.13. The lowest BCUT2D eigenvalue weighted by atomic mass is 10.2. The summed E-state index contributed by atoms with van der Waals surface area (Å²) >= 11 is 3.25. The molecule has 0 radical (unpaired) electrons. The topological polar surface area (TPSA) is 64.6 Å². The summed E-state index contributed by atoms with van der Waals surface area (Å²) in [6.45, 7) is -0.861. The summed E-state index contributed by atoms with van der Waals surface area (Å²) in [5.74, 6) is -1.50. The van der Waals surface area contributed by atoms with Gasteiger partial charge in [-0.2, -0.15) is 13.2 Å². The van der Waals surface area contributed by atoms with E-state index in [1.807, 2.05) is 6.92 Å². The maximum Gasteiger partial charge on any atom is 0.405 e. The quantitative estimate of drug-likeness (QED) is 0.765. The Morgan fingerprint density at radius 1 is 1.27 bits per heavy atom. The summed E-state index contributed by atoms with van der Waals surface area (Å²) in [4.78, 5) is 22.4. The van der Waals surface area contributed by atoms with Crippen LogP contribution >= 0.6 is 15.9 Å². The average Bonchev–Trinajstić information content (AvgIpc) is 2.41. The van der Waals surface area contributed by atoms with Crippen molar-refractivity contribution in [2.24, 2.45) is 0 Å². The van der Waals surface area contributed by atoms with Crippen molar-refractivity contribution in [2.75, 3.05) is 19.8 Å². The molecule has 0 fully saturated rings. The van der Waals surface area contributed by atoms with Gasteiger partial charge in [-0.3, -0.25) is 4.79 Å². The smallest absolute Gasteiger partial charge is 0.405 e. The summed E-state index contributed by atoms with van der Waals surface area (Å²) < 4.78 is 45.8. The molecule has 0 aromatic heterocycles. The van der Waals surface area contributed by atoms with Gasteiger partial charge in [-0.25, -0.2) is 4.79 Å². The number of hydrogen-bond acceptors (Lipinski definition) is 4. The lowest BCUT2D eigenvalue weighted by Gasteiger charge is -2.10. The highest BCUT2D eigenvalue weighted by Gasteiger charge is 2.27. The van der Waals surface area contributed by atoms with Crippen LogP contribution in [-0.2, 0) is 14.3 Å². The minimum Gasteiger partial charge on any atom is -0.481 e. The molecule has 5 nitrogen and oxygen atoms in total. The molecule has 1 aromatic rings. The number of halogens is 4. The number of amides is 1. The molecule has 0 aliphatic heterocycles. The number of ether oxygens (including phenoxy) is 2. The molecule has 0 aliphatic carbocycles. The molecule has 0 heterocycles. The highest BCUT2D eigenvalue weighted by Crippen LogP contribution is 2.25. The van der Waals surface area contributed by atoms with Gasteiger partial charge in [0.2, 0.25) is 0 Å². The number of hydrogen-bond donors (Lipinski definition) is 1. The van der Waals surface area contributed by atoms with Crippen molar-refractivity contribution >= 4 is 27.8 Å². The molecule has 1 amide bonds. The summed E-state index contributed by atoms with van der Waals surface area (Å²) in [6, 6.07) is 5.20. The molecule has 0 aliphatic rings. The van der Waals surface area contributed by atoms with E-state index in [-0.39, 0.29) is 0 Å². The van der Waals surface area contributed by atoms with Gasteiger partial charge in [-0.1, -0.05) is 6.07 Å². The number of nitrogens with one attached hydrogen (secondary N) is 1. The predicted octanol–water partition coefficient (Wildman–Crippen LogP) is 2.36. The molecule has 1 N–H and O–H groups in total. The molecular formula is C13H13BrF3NO4. The van der Waals surface area contributed by atoms with Gasteiger partial charge in [0.25, 0.3) is 5.91 Å². The monoisotopic (exact) mass is 383 g/mol. The zero-order valence-corrected chi connectivity index (χ0v) is 13.1. The van der Waals surface area contributed by atoms with Crippen molar-refractivity contribution in [1.82, 2.24) is 5.32 Å². The first-order chi connectivity index (χ1) is 10.2. The molecule has 0 unspecified atom stereocenters. The lowest BCUT2D eigenvalue weighted by Crippen LogP contribution is -2.36. The van der Waals surface area contributed by atoms with E-state index in [9.17, 15) is 22.8 Å². The third kappa shape index (κ3) is 7.30. The molecule has 9 heteroatoms. The Bertz CT molecular complexity index is 549. The first-order valence-corrected chi connectivity index (χ1v) is 6.85. The number of carbonyl (C=O) groups excluding carboxylic acids is 2. The molecular weight excluding hydrogens is 371 g/mol. The zero-order chi connectivity index (χ0) is 16.8. The molecule has 1 aromatic carbocycles. The van der Waals surface area contributed by atoms with Crippen LogP contribution in [0.2, 0.25) is 0 Å². The highest BCUT2D eigenvalue weighted by molar-refractivity contribution is 9.10. The van der Waals surface area contributed by atoms with Crippen LogP contribution in [0, 0.1) is 6.92 Å². The molecule has 22 heavy (non-hydrogen) atoms. The molecule has 0 bridgehead atoms. The minimum atomic E-state index is -4.51. The van der Waals surface area contributed by atoms with Gasteiger partial charge in [-0.05, 0) is 40.5 Å². The van der Waals surface area contributed by atoms with Gasteiger partial charge < -0.3 is 14.8 Å². The number of benzene rings is 1. The highest BCUT2D eigenvalue weighted by atomic mass is 79.9. The van der Waals surface area contributed by atoms with E-state index in [1.165, 1.54) is 0 Å². The first-order valence-electron chi connectivity index (χ1n) is 6.05. The fourth-order valence-corrected chi connectivity index (χ4v) is 1.90. The van der Waals surface area contributed by atoms with E-state index in [2.05, 4.69) is 20.7 Å². The number of rotatable bonds is 6. The van der Waals surface area contributed by atoms with Crippen LogP contribution in [-0.4, -0.2) is 37.8 Å². The Labute approximate surface area is 132 Å². The molecule has 1 rings (SSSR count). The van der Waals surface area contributed by atoms with Gasteiger partial charge >= 0.3 is 12.1 Å². The Hall–Kier alpha value is -1.77. The molecule has 0 atom stereocenters. The summed E-state index contributed by atoms with van der Waals surface area (Å²) in [5.41, 5.74) is 0.989. The Kier molecular flexibility index (Phi) is 6.66. The van der Waals surface area contributed by atoms with E-state index in [0.717, 1.165) is 5.56 Å². The van der Waals surface area contributed by atoms with E-state index in [4.69, 9.17) is 4.74 Å².